The molecule has 2 rings (SSSR count). The predicted molar refractivity (Wildman–Crippen MR) is 96.1 cm³/mol. The lowest BCUT2D eigenvalue weighted by molar-refractivity contribution is -0.686. The van der Waals surface area contributed by atoms with E-state index in [0.717, 1.165) is 5.56 Å². The molecule has 0 aromatic heterocycles. The molecule has 0 radical (unpaired) electrons. The molecular formula is C18H25ClN3O3+. The number of hydrogen-bond acceptors (Lipinski definition) is 3. The van der Waals surface area contributed by atoms with Crippen molar-refractivity contribution in [2.24, 2.45) is 0 Å². The first-order valence-corrected chi connectivity index (χ1v) is 8.90. The second-order valence-corrected chi connectivity index (χ2v) is 6.39. The molecule has 0 bridgehead atoms. The molecule has 6 nitrogen and oxygen atoms in total. The number of ether oxygens (including phenoxy) is 1. The average molecular weight is 367 g/mol. The van der Waals surface area contributed by atoms with Gasteiger partial charge in [0.25, 0.3) is 0 Å². The molecule has 0 saturated carbocycles. The van der Waals surface area contributed by atoms with Crippen LogP contribution >= 0.6 is 11.6 Å². The second-order valence-electron chi connectivity index (χ2n) is 5.95. The van der Waals surface area contributed by atoms with E-state index in [1.54, 1.807) is 6.92 Å². The monoisotopic (exact) mass is 366 g/mol. The largest absolute Gasteiger partial charge is 0.463 e. The number of urea groups is 1. The summed E-state index contributed by atoms with van der Waals surface area (Å²) >= 11 is 5.92. The summed E-state index contributed by atoms with van der Waals surface area (Å²) in [6.07, 6.45) is 0.623. The molecule has 4 N–H and O–H groups in total. The normalized spacial score (nSPS) is 18.4. The van der Waals surface area contributed by atoms with Crippen LogP contribution in [0.5, 0.6) is 0 Å². The zero-order valence-corrected chi connectivity index (χ0v) is 15.5. The van der Waals surface area contributed by atoms with Crippen LogP contribution in [0, 0.1) is 0 Å². The van der Waals surface area contributed by atoms with Crippen molar-refractivity contribution in [3.63, 3.8) is 0 Å². The minimum absolute atomic E-state index is 0.153. The van der Waals surface area contributed by atoms with Crippen LogP contribution in [0.3, 0.4) is 0 Å². The molecule has 2 amide bonds. The SMILES string of the molecule is CCOC(=O)C1=C(C[NH2+][C@@H](C)c2ccc(Cl)cc2)NC(=O)N[C@@H]1CC. The molecule has 0 aliphatic carbocycles. The summed E-state index contributed by atoms with van der Waals surface area (Å²) in [5.74, 6) is -0.385. The van der Waals surface area contributed by atoms with Gasteiger partial charge in [0.05, 0.1) is 23.9 Å². The van der Waals surface area contributed by atoms with Crippen molar-refractivity contribution in [3.05, 3.63) is 46.1 Å². The van der Waals surface area contributed by atoms with Crippen molar-refractivity contribution < 1.29 is 19.6 Å². The van der Waals surface area contributed by atoms with Crippen molar-refractivity contribution in [2.75, 3.05) is 13.2 Å². The van der Waals surface area contributed by atoms with Gasteiger partial charge >= 0.3 is 12.0 Å². The number of quaternary nitrogens is 1. The smallest absolute Gasteiger partial charge is 0.338 e. The summed E-state index contributed by atoms with van der Waals surface area (Å²) in [5.41, 5.74) is 2.23. The molecule has 0 saturated heterocycles. The fourth-order valence-electron chi connectivity index (χ4n) is 2.82. The van der Waals surface area contributed by atoms with Gasteiger partial charge < -0.3 is 20.7 Å². The highest BCUT2D eigenvalue weighted by atomic mass is 35.5. The van der Waals surface area contributed by atoms with Crippen LogP contribution in [-0.2, 0) is 9.53 Å². The molecule has 1 aromatic carbocycles. The summed E-state index contributed by atoms with van der Waals surface area (Å²) in [6, 6.07) is 7.18. The van der Waals surface area contributed by atoms with Crippen molar-refractivity contribution in [1.82, 2.24) is 10.6 Å². The Bertz CT molecular complexity index is 658. The first kappa shape index (κ1) is 19.3. The van der Waals surface area contributed by atoms with E-state index in [1.165, 1.54) is 0 Å². The topological polar surface area (TPSA) is 84.0 Å². The molecule has 2 atom stereocenters. The number of halogens is 1. The van der Waals surface area contributed by atoms with Gasteiger partial charge in [-0.2, -0.15) is 0 Å². The molecule has 136 valence electrons. The predicted octanol–water partition coefficient (Wildman–Crippen LogP) is 1.87. The van der Waals surface area contributed by atoms with E-state index in [-0.39, 0.29) is 24.1 Å². The Kier molecular flexibility index (Phi) is 6.84. The van der Waals surface area contributed by atoms with E-state index in [4.69, 9.17) is 16.3 Å². The lowest BCUT2D eigenvalue weighted by atomic mass is 10.00. The maximum atomic E-state index is 12.3. The van der Waals surface area contributed by atoms with E-state index in [1.807, 2.05) is 31.2 Å². The highest BCUT2D eigenvalue weighted by Gasteiger charge is 2.32. The van der Waals surface area contributed by atoms with Crippen LogP contribution in [0.2, 0.25) is 5.02 Å². The van der Waals surface area contributed by atoms with E-state index >= 15 is 0 Å². The first-order valence-electron chi connectivity index (χ1n) is 8.52. The zero-order valence-electron chi connectivity index (χ0n) is 14.8. The first-order chi connectivity index (χ1) is 12.0. The Labute approximate surface area is 153 Å². The van der Waals surface area contributed by atoms with Crippen LogP contribution in [-0.4, -0.2) is 31.2 Å². The Morgan fingerprint density at radius 2 is 2.00 bits per heavy atom. The van der Waals surface area contributed by atoms with Gasteiger partial charge in [0.1, 0.15) is 12.6 Å². The van der Waals surface area contributed by atoms with Crippen molar-refractivity contribution in [3.8, 4) is 0 Å². The third-order valence-electron chi connectivity index (χ3n) is 4.22. The highest BCUT2D eigenvalue weighted by molar-refractivity contribution is 6.30. The number of carbonyl (C=O) groups excluding carboxylic acids is 2. The number of esters is 1. The molecule has 1 aliphatic rings. The Morgan fingerprint density at radius 1 is 1.32 bits per heavy atom. The fraction of sp³-hybridized carbons (Fsp3) is 0.444. The van der Waals surface area contributed by atoms with Gasteiger partial charge in [-0.1, -0.05) is 30.7 Å². The van der Waals surface area contributed by atoms with Gasteiger partial charge in [0.15, 0.2) is 0 Å². The number of nitrogens with two attached hydrogens (primary N) is 1. The number of benzene rings is 1. The number of amides is 2. The van der Waals surface area contributed by atoms with Gasteiger partial charge in [-0.25, -0.2) is 9.59 Å². The van der Waals surface area contributed by atoms with E-state index in [0.29, 0.717) is 35.9 Å². The molecule has 1 heterocycles. The van der Waals surface area contributed by atoms with Crippen molar-refractivity contribution in [1.29, 1.82) is 0 Å². The standard InChI is InChI=1S/C18H24ClN3O3/c1-4-14-16(17(23)25-5-2)15(22-18(24)21-14)10-20-11(3)12-6-8-13(19)9-7-12/h6-9,11,14,20H,4-5,10H2,1-3H3,(H2,21,22,24)/p+1/t11-,14+/m0/s1. The van der Waals surface area contributed by atoms with E-state index < -0.39 is 0 Å². The third kappa shape index (κ3) is 4.96. The van der Waals surface area contributed by atoms with Gasteiger partial charge in [-0.3, -0.25) is 0 Å². The molecular weight excluding hydrogens is 342 g/mol. The van der Waals surface area contributed by atoms with Crippen LogP contribution in [0.25, 0.3) is 0 Å². The second kappa shape index (κ2) is 8.87. The maximum Gasteiger partial charge on any atom is 0.338 e. The molecule has 0 unspecified atom stereocenters. The highest BCUT2D eigenvalue weighted by Crippen LogP contribution is 2.17. The Balaban J connectivity index is 2.17. The summed E-state index contributed by atoms with van der Waals surface area (Å²) in [4.78, 5) is 24.2. The minimum Gasteiger partial charge on any atom is -0.463 e. The third-order valence-corrected chi connectivity index (χ3v) is 4.47. The Hall–Kier alpha value is -2.05. The number of carbonyl (C=O) groups is 2. The quantitative estimate of drug-likeness (QED) is 0.644. The molecule has 1 aliphatic heterocycles. The fourth-order valence-corrected chi connectivity index (χ4v) is 2.95. The molecule has 0 fully saturated rings. The van der Waals surface area contributed by atoms with Gasteiger partial charge in [-0.15, -0.1) is 0 Å². The number of hydrogen-bond donors (Lipinski definition) is 3. The summed E-state index contributed by atoms with van der Waals surface area (Å²) in [5, 5.41) is 8.30. The van der Waals surface area contributed by atoms with Gasteiger partial charge in [0.2, 0.25) is 0 Å². The lowest BCUT2D eigenvalue weighted by Gasteiger charge is -2.28. The summed E-state index contributed by atoms with van der Waals surface area (Å²) in [7, 11) is 0. The van der Waals surface area contributed by atoms with Crippen molar-refractivity contribution >= 4 is 23.6 Å². The van der Waals surface area contributed by atoms with Crippen LogP contribution < -0.4 is 16.0 Å². The summed E-state index contributed by atoms with van der Waals surface area (Å²) in [6.45, 7) is 6.52. The number of rotatable bonds is 7. The minimum atomic E-state index is -0.385. The van der Waals surface area contributed by atoms with Gasteiger partial charge in [0, 0.05) is 10.6 Å². The van der Waals surface area contributed by atoms with E-state index in [9.17, 15) is 9.59 Å². The average Bonchev–Trinajstić information content (AvgIpc) is 2.59. The van der Waals surface area contributed by atoms with E-state index in [2.05, 4.69) is 22.9 Å². The van der Waals surface area contributed by atoms with Crippen molar-refractivity contribution in [2.45, 2.75) is 39.3 Å². The molecule has 1 aromatic rings. The lowest BCUT2D eigenvalue weighted by Crippen LogP contribution is -2.86. The molecule has 25 heavy (non-hydrogen) atoms. The zero-order chi connectivity index (χ0) is 18.4. The van der Waals surface area contributed by atoms with Crippen LogP contribution in [0.4, 0.5) is 4.79 Å². The van der Waals surface area contributed by atoms with Crippen LogP contribution in [0.1, 0.15) is 38.8 Å². The van der Waals surface area contributed by atoms with Gasteiger partial charge in [-0.05, 0) is 32.4 Å². The maximum absolute atomic E-state index is 12.3. The number of nitrogens with one attached hydrogen (secondary N) is 2. The summed E-state index contributed by atoms with van der Waals surface area (Å²) < 4.78 is 5.17. The molecule has 0 spiro atoms. The van der Waals surface area contributed by atoms with Crippen LogP contribution in [0.15, 0.2) is 35.5 Å². The Morgan fingerprint density at radius 3 is 2.60 bits per heavy atom. The molecule has 7 heteroatoms.